The van der Waals surface area contributed by atoms with Crippen LogP contribution in [-0.4, -0.2) is 63.8 Å². The third-order valence-corrected chi connectivity index (χ3v) is 6.80. The summed E-state index contributed by atoms with van der Waals surface area (Å²) in [7, 11) is 0. The van der Waals surface area contributed by atoms with Crippen LogP contribution in [-0.2, 0) is 45.1 Å². The average Bonchev–Trinajstić information content (AvgIpc) is 3.16. The van der Waals surface area contributed by atoms with Crippen LogP contribution in [0.3, 0.4) is 0 Å². The number of hydrogen-bond acceptors (Lipinski definition) is 12. The molecule has 6 N–H and O–H groups in total. The maximum absolute atomic E-state index is 12.8. The lowest BCUT2D eigenvalue weighted by molar-refractivity contribution is 0.0504. The molecule has 0 aliphatic heterocycles. The van der Waals surface area contributed by atoms with Gasteiger partial charge in [0.05, 0.1) is 13.2 Å². The molecular weight excluding hydrogens is 672 g/mol. The van der Waals surface area contributed by atoms with E-state index >= 15 is 0 Å². The Labute approximate surface area is 302 Å². The summed E-state index contributed by atoms with van der Waals surface area (Å²) < 4.78 is 31.9. The van der Waals surface area contributed by atoms with E-state index in [1.807, 2.05) is 48.5 Å². The summed E-state index contributed by atoms with van der Waals surface area (Å²) >= 11 is 0. The van der Waals surface area contributed by atoms with Gasteiger partial charge < -0.3 is 50.5 Å². The Bertz CT molecular complexity index is 1680. The van der Waals surface area contributed by atoms with Gasteiger partial charge in [0.25, 0.3) is 0 Å². The Morgan fingerprint density at radius 3 is 1.33 bits per heavy atom. The molecule has 3 aromatic carbocycles. The zero-order valence-electron chi connectivity index (χ0n) is 29.1. The smallest absolute Gasteiger partial charge is 0.408 e. The fourth-order valence-electron chi connectivity index (χ4n) is 4.35. The van der Waals surface area contributed by atoms with Gasteiger partial charge in [-0.05, 0) is 48.2 Å². The molecule has 274 valence electrons. The van der Waals surface area contributed by atoms with Crippen LogP contribution in [0.25, 0.3) is 0 Å². The number of alkyl carbamates (subject to hydrolysis) is 2. The van der Waals surface area contributed by atoms with Crippen LogP contribution in [0.4, 0.5) is 9.59 Å². The van der Waals surface area contributed by atoms with Crippen LogP contribution in [0.2, 0.25) is 0 Å². The summed E-state index contributed by atoms with van der Waals surface area (Å²) in [5.41, 5.74) is 14.9. The predicted molar refractivity (Wildman–Crippen MR) is 190 cm³/mol. The van der Waals surface area contributed by atoms with E-state index in [4.69, 9.17) is 39.9 Å². The highest BCUT2D eigenvalue weighted by Gasteiger charge is 2.23. The quantitative estimate of drug-likeness (QED) is 0.0957. The summed E-state index contributed by atoms with van der Waals surface area (Å²) in [4.78, 5) is 49.7. The van der Waals surface area contributed by atoms with E-state index < -0.39 is 24.1 Å². The number of nitrogens with two attached hydrogens (primary N) is 2. The second-order valence-corrected chi connectivity index (χ2v) is 10.5. The second kappa shape index (κ2) is 22.5. The highest BCUT2D eigenvalue weighted by molar-refractivity contribution is 5.98. The molecule has 14 nitrogen and oxygen atoms in total. The van der Waals surface area contributed by atoms with Gasteiger partial charge in [0.15, 0.2) is 13.2 Å². The standard InChI is InChI=1S/C38H42N4O10/c1-3-47-35(43)31-21-34(50-16-6-8-18-52-38(46)42-26-30-14-10-12-28(20-30)24-40)32(36(44)48-4-2)22-33(31)49-15-5-7-17-51-37(45)41-25-29-13-9-11-27(19-29)23-39/h9-14,19-22H,3-4,15-18,23-26,39-40H2,1-2H3,(H,41,45)(H,42,46). The molecule has 0 saturated heterocycles. The average molecular weight is 715 g/mol. The minimum absolute atomic E-state index is 0.0122. The summed E-state index contributed by atoms with van der Waals surface area (Å²) in [6, 6.07) is 17.5. The minimum Gasteiger partial charge on any atom is -0.480 e. The topological polar surface area (TPSA) is 200 Å². The lowest BCUT2D eigenvalue weighted by Crippen LogP contribution is -2.24. The van der Waals surface area contributed by atoms with E-state index in [-0.39, 0.29) is 75.4 Å². The third-order valence-electron chi connectivity index (χ3n) is 6.80. The highest BCUT2D eigenvalue weighted by Crippen LogP contribution is 2.31. The number of esters is 2. The van der Waals surface area contributed by atoms with Crippen LogP contribution in [0.5, 0.6) is 11.5 Å². The molecule has 0 atom stereocenters. The Balaban J connectivity index is 1.57. The predicted octanol–water partition coefficient (Wildman–Crippen LogP) is 3.57. The molecule has 0 saturated carbocycles. The van der Waals surface area contributed by atoms with Gasteiger partial charge in [0.2, 0.25) is 0 Å². The molecule has 0 aromatic heterocycles. The van der Waals surface area contributed by atoms with Crippen LogP contribution < -0.4 is 31.6 Å². The van der Waals surface area contributed by atoms with Gasteiger partial charge in [-0.25, -0.2) is 19.2 Å². The van der Waals surface area contributed by atoms with E-state index in [2.05, 4.69) is 34.3 Å². The number of carbonyl (C=O) groups excluding carboxylic acids is 4. The first-order valence-corrected chi connectivity index (χ1v) is 16.3. The maximum atomic E-state index is 12.8. The molecule has 52 heavy (non-hydrogen) atoms. The van der Waals surface area contributed by atoms with Crippen LogP contribution >= 0.6 is 0 Å². The number of hydrogen-bond donors (Lipinski definition) is 4. The van der Waals surface area contributed by atoms with Crippen molar-refractivity contribution in [3.05, 3.63) is 94.0 Å². The SMILES string of the molecule is CCOC(=O)c1cc(OCC#CCOC(=O)NCc2cccc(CN)c2)c(C(=O)OCC)cc1OCC#CCOC(=O)NCc1cccc(CN)c1. The maximum Gasteiger partial charge on any atom is 0.408 e. The van der Waals surface area contributed by atoms with Crippen molar-refractivity contribution in [3.8, 4) is 35.2 Å². The fourth-order valence-corrected chi connectivity index (χ4v) is 4.35. The van der Waals surface area contributed by atoms with Gasteiger partial charge in [-0.3, -0.25) is 0 Å². The number of benzene rings is 3. The number of carbonyl (C=O) groups is 4. The van der Waals surface area contributed by atoms with Crippen molar-refractivity contribution in [2.24, 2.45) is 11.5 Å². The summed E-state index contributed by atoms with van der Waals surface area (Å²) in [6.07, 6.45) is -1.31. The molecule has 0 radical (unpaired) electrons. The van der Waals surface area contributed by atoms with Crippen molar-refractivity contribution in [3.63, 3.8) is 0 Å². The number of rotatable bonds is 16. The molecule has 0 fully saturated rings. The van der Waals surface area contributed by atoms with E-state index in [0.29, 0.717) is 13.1 Å². The first-order valence-electron chi connectivity index (χ1n) is 16.3. The Morgan fingerprint density at radius 1 is 0.558 bits per heavy atom. The summed E-state index contributed by atoms with van der Waals surface area (Å²) in [6.45, 7) is 3.85. The van der Waals surface area contributed by atoms with E-state index in [0.717, 1.165) is 22.3 Å². The summed E-state index contributed by atoms with van der Waals surface area (Å²) in [5.74, 6) is 9.20. The van der Waals surface area contributed by atoms with Crippen LogP contribution in [0.15, 0.2) is 60.7 Å². The van der Waals surface area contributed by atoms with Crippen molar-refractivity contribution in [2.75, 3.05) is 39.6 Å². The van der Waals surface area contributed by atoms with E-state index in [9.17, 15) is 19.2 Å². The lowest BCUT2D eigenvalue weighted by atomic mass is 10.1. The zero-order valence-corrected chi connectivity index (χ0v) is 29.1. The van der Waals surface area contributed by atoms with Crippen LogP contribution in [0, 0.1) is 23.7 Å². The molecular formula is C38H42N4O10. The van der Waals surface area contributed by atoms with Crippen molar-refractivity contribution in [1.82, 2.24) is 10.6 Å². The van der Waals surface area contributed by atoms with Crippen molar-refractivity contribution >= 4 is 24.1 Å². The number of nitrogens with one attached hydrogen (secondary N) is 2. The molecule has 3 aromatic rings. The van der Waals surface area contributed by atoms with Crippen molar-refractivity contribution in [1.29, 1.82) is 0 Å². The molecule has 0 aliphatic rings. The van der Waals surface area contributed by atoms with E-state index in [1.54, 1.807) is 13.8 Å². The largest absolute Gasteiger partial charge is 0.480 e. The van der Waals surface area contributed by atoms with Crippen molar-refractivity contribution < 1.29 is 47.6 Å². The number of amides is 2. The normalized spacial score (nSPS) is 9.92. The Hall–Kier alpha value is -6.22. The fraction of sp³-hybridized carbons (Fsp3) is 0.316. The monoisotopic (exact) mass is 714 g/mol. The van der Waals surface area contributed by atoms with Gasteiger partial charge >= 0.3 is 24.1 Å². The first kappa shape index (κ1) is 40.2. The molecule has 3 rings (SSSR count). The Morgan fingerprint density at radius 2 is 0.942 bits per heavy atom. The Kier molecular flexibility index (Phi) is 17.4. The molecule has 2 amide bonds. The summed E-state index contributed by atoms with van der Waals surface area (Å²) in [5, 5.41) is 5.26. The molecule has 0 aliphatic carbocycles. The van der Waals surface area contributed by atoms with Gasteiger partial charge in [-0.15, -0.1) is 0 Å². The first-order chi connectivity index (χ1) is 25.3. The molecule has 0 bridgehead atoms. The second-order valence-electron chi connectivity index (χ2n) is 10.5. The van der Waals surface area contributed by atoms with Gasteiger partial charge in [0.1, 0.15) is 35.8 Å². The number of ether oxygens (including phenoxy) is 6. The van der Waals surface area contributed by atoms with E-state index in [1.165, 1.54) is 12.1 Å². The van der Waals surface area contributed by atoms with Crippen molar-refractivity contribution in [2.45, 2.75) is 40.0 Å². The van der Waals surface area contributed by atoms with Crippen LogP contribution in [0.1, 0.15) is 56.8 Å². The molecule has 0 unspecified atom stereocenters. The lowest BCUT2D eigenvalue weighted by Gasteiger charge is -2.15. The zero-order chi connectivity index (χ0) is 37.6. The van der Waals surface area contributed by atoms with Gasteiger partial charge in [-0.1, -0.05) is 72.2 Å². The molecule has 0 spiro atoms. The highest BCUT2D eigenvalue weighted by atomic mass is 16.6. The molecule has 0 heterocycles. The van der Waals surface area contributed by atoms with Gasteiger partial charge in [-0.2, -0.15) is 0 Å². The molecule has 14 heteroatoms. The van der Waals surface area contributed by atoms with Gasteiger partial charge in [0, 0.05) is 26.2 Å². The third kappa shape index (κ3) is 14.0. The minimum atomic E-state index is -0.733.